The standard InChI is InChI=1S/C14H20N4OS/c1-11-5-12(2)18(16-11)8-14-7-17(3-4-19-14)6-13-9-20-10-15-13/h5,9-10,14H,3-4,6-8H2,1-2H3/t14-/m1/s1. The molecule has 1 aliphatic heterocycles. The van der Waals surface area contributed by atoms with Crippen LogP contribution in [-0.2, 0) is 17.8 Å². The predicted molar refractivity (Wildman–Crippen MR) is 78.8 cm³/mol. The van der Waals surface area contributed by atoms with Crippen LogP contribution < -0.4 is 0 Å². The Balaban J connectivity index is 1.59. The number of hydrogen-bond acceptors (Lipinski definition) is 5. The van der Waals surface area contributed by atoms with Gasteiger partial charge in [-0.1, -0.05) is 0 Å². The Hall–Kier alpha value is -1.24. The smallest absolute Gasteiger partial charge is 0.0898 e. The summed E-state index contributed by atoms with van der Waals surface area (Å²) in [7, 11) is 0. The molecular weight excluding hydrogens is 272 g/mol. The third kappa shape index (κ3) is 3.26. The number of ether oxygens (including phenoxy) is 1. The van der Waals surface area contributed by atoms with Crippen molar-refractivity contribution in [2.75, 3.05) is 19.7 Å². The summed E-state index contributed by atoms with van der Waals surface area (Å²) in [6.45, 7) is 8.57. The average Bonchev–Trinajstić information content (AvgIpc) is 3.01. The molecule has 5 nitrogen and oxygen atoms in total. The summed E-state index contributed by atoms with van der Waals surface area (Å²) in [6.07, 6.45) is 0.209. The van der Waals surface area contributed by atoms with E-state index in [0.29, 0.717) is 0 Å². The van der Waals surface area contributed by atoms with Crippen LogP contribution in [0.3, 0.4) is 0 Å². The van der Waals surface area contributed by atoms with Gasteiger partial charge in [0.2, 0.25) is 0 Å². The Morgan fingerprint density at radius 3 is 3.05 bits per heavy atom. The van der Waals surface area contributed by atoms with Crippen LogP contribution in [0.2, 0.25) is 0 Å². The summed E-state index contributed by atoms with van der Waals surface area (Å²) >= 11 is 1.65. The third-order valence-corrected chi connectivity index (χ3v) is 4.21. The van der Waals surface area contributed by atoms with Crippen molar-refractivity contribution in [3.8, 4) is 0 Å². The van der Waals surface area contributed by atoms with E-state index in [9.17, 15) is 0 Å². The highest BCUT2D eigenvalue weighted by molar-refractivity contribution is 7.07. The third-order valence-electron chi connectivity index (χ3n) is 3.57. The highest BCUT2D eigenvalue weighted by Crippen LogP contribution is 2.13. The normalized spacial score (nSPS) is 20.4. The molecule has 1 saturated heterocycles. The number of morpholine rings is 1. The van der Waals surface area contributed by atoms with E-state index in [2.05, 4.69) is 33.4 Å². The minimum absolute atomic E-state index is 0.209. The molecule has 2 aromatic heterocycles. The summed E-state index contributed by atoms with van der Waals surface area (Å²) in [4.78, 5) is 6.77. The van der Waals surface area contributed by atoms with E-state index in [1.807, 2.05) is 17.1 Å². The first kappa shape index (κ1) is 13.7. The molecule has 6 heteroatoms. The first-order chi connectivity index (χ1) is 9.70. The summed E-state index contributed by atoms with van der Waals surface area (Å²) in [5.74, 6) is 0. The maximum Gasteiger partial charge on any atom is 0.0898 e. The van der Waals surface area contributed by atoms with E-state index < -0.39 is 0 Å². The molecule has 0 saturated carbocycles. The van der Waals surface area contributed by atoms with Crippen LogP contribution in [0.4, 0.5) is 0 Å². The zero-order valence-electron chi connectivity index (χ0n) is 12.0. The largest absolute Gasteiger partial charge is 0.374 e. The van der Waals surface area contributed by atoms with Crippen LogP contribution in [0, 0.1) is 13.8 Å². The SMILES string of the molecule is Cc1cc(C)n(C[C@H]2CN(Cc3cscn3)CCO2)n1. The molecule has 0 spiro atoms. The number of aromatic nitrogens is 3. The average molecular weight is 292 g/mol. The minimum Gasteiger partial charge on any atom is -0.374 e. The van der Waals surface area contributed by atoms with Gasteiger partial charge in [-0.3, -0.25) is 9.58 Å². The number of aryl methyl sites for hydroxylation is 2. The van der Waals surface area contributed by atoms with Crippen molar-refractivity contribution in [2.45, 2.75) is 33.0 Å². The van der Waals surface area contributed by atoms with Crippen molar-refractivity contribution in [1.29, 1.82) is 0 Å². The van der Waals surface area contributed by atoms with Crippen molar-refractivity contribution in [3.63, 3.8) is 0 Å². The van der Waals surface area contributed by atoms with Crippen molar-refractivity contribution in [2.24, 2.45) is 0 Å². The van der Waals surface area contributed by atoms with Gasteiger partial charge >= 0.3 is 0 Å². The quantitative estimate of drug-likeness (QED) is 0.862. The van der Waals surface area contributed by atoms with Crippen LogP contribution in [0.5, 0.6) is 0 Å². The molecule has 2 aromatic rings. The van der Waals surface area contributed by atoms with Gasteiger partial charge in [0.25, 0.3) is 0 Å². The van der Waals surface area contributed by atoms with E-state index in [1.54, 1.807) is 11.3 Å². The Bertz CT molecular complexity index is 552. The Morgan fingerprint density at radius 1 is 1.45 bits per heavy atom. The van der Waals surface area contributed by atoms with Gasteiger partial charge in [-0.25, -0.2) is 4.98 Å². The first-order valence-corrected chi connectivity index (χ1v) is 7.87. The fraction of sp³-hybridized carbons (Fsp3) is 0.571. The van der Waals surface area contributed by atoms with Crippen LogP contribution >= 0.6 is 11.3 Å². The maximum atomic E-state index is 5.88. The van der Waals surface area contributed by atoms with Gasteiger partial charge in [0.15, 0.2) is 0 Å². The molecule has 1 fully saturated rings. The van der Waals surface area contributed by atoms with E-state index in [4.69, 9.17) is 4.74 Å². The maximum absolute atomic E-state index is 5.88. The van der Waals surface area contributed by atoms with Gasteiger partial charge in [0.05, 0.1) is 36.2 Å². The van der Waals surface area contributed by atoms with Gasteiger partial charge in [-0.2, -0.15) is 5.10 Å². The van der Waals surface area contributed by atoms with Gasteiger partial charge in [-0.05, 0) is 19.9 Å². The molecule has 0 bridgehead atoms. The Labute approximate surface area is 123 Å². The lowest BCUT2D eigenvalue weighted by molar-refractivity contribution is -0.0407. The molecule has 1 atom stereocenters. The summed E-state index contributed by atoms with van der Waals surface area (Å²) in [6, 6.07) is 2.11. The lowest BCUT2D eigenvalue weighted by Gasteiger charge is -2.32. The number of thiazole rings is 1. The fourth-order valence-electron chi connectivity index (χ4n) is 2.63. The van der Waals surface area contributed by atoms with Crippen molar-refractivity contribution >= 4 is 11.3 Å². The number of nitrogens with zero attached hydrogens (tertiary/aromatic N) is 4. The molecule has 108 valence electrons. The number of rotatable bonds is 4. The second-order valence-electron chi connectivity index (χ2n) is 5.32. The summed E-state index contributed by atoms with van der Waals surface area (Å²) in [5, 5.41) is 6.63. The highest BCUT2D eigenvalue weighted by Gasteiger charge is 2.22. The lowest BCUT2D eigenvalue weighted by Crippen LogP contribution is -2.44. The van der Waals surface area contributed by atoms with Crippen molar-refractivity contribution in [3.05, 3.63) is 34.0 Å². The molecule has 0 amide bonds. The van der Waals surface area contributed by atoms with E-state index >= 15 is 0 Å². The van der Waals surface area contributed by atoms with Crippen molar-refractivity contribution < 1.29 is 4.74 Å². The minimum atomic E-state index is 0.209. The summed E-state index contributed by atoms with van der Waals surface area (Å²) < 4.78 is 7.92. The van der Waals surface area contributed by atoms with Crippen LogP contribution in [-0.4, -0.2) is 45.5 Å². The molecule has 0 unspecified atom stereocenters. The van der Waals surface area contributed by atoms with Gasteiger partial charge in [-0.15, -0.1) is 11.3 Å². The molecule has 0 radical (unpaired) electrons. The second kappa shape index (κ2) is 6.03. The second-order valence-corrected chi connectivity index (χ2v) is 6.04. The molecule has 20 heavy (non-hydrogen) atoms. The molecule has 3 rings (SSSR count). The predicted octanol–water partition coefficient (Wildman–Crippen LogP) is 1.86. The van der Waals surface area contributed by atoms with Crippen LogP contribution in [0.25, 0.3) is 0 Å². The van der Waals surface area contributed by atoms with Crippen LogP contribution in [0.15, 0.2) is 17.0 Å². The lowest BCUT2D eigenvalue weighted by atomic mass is 10.2. The molecule has 0 N–H and O–H groups in total. The monoisotopic (exact) mass is 292 g/mol. The number of hydrogen-bond donors (Lipinski definition) is 0. The molecule has 0 aromatic carbocycles. The van der Waals surface area contributed by atoms with Gasteiger partial charge < -0.3 is 4.74 Å². The molecule has 1 aliphatic rings. The van der Waals surface area contributed by atoms with E-state index in [0.717, 1.165) is 44.2 Å². The summed E-state index contributed by atoms with van der Waals surface area (Å²) in [5.41, 5.74) is 5.31. The fourth-order valence-corrected chi connectivity index (χ4v) is 3.18. The van der Waals surface area contributed by atoms with Crippen molar-refractivity contribution in [1.82, 2.24) is 19.7 Å². The molecular formula is C14H20N4OS. The van der Waals surface area contributed by atoms with Gasteiger partial charge in [0.1, 0.15) is 0 Å². The van der Waals surface area contributed by atoms with Crippen LogP contribution in [0.1, 0.15) is 17.1 Å². The van der Waals surface area contributed by atoms with E-state index in [-0.39, 0.29) is 6.10 Å². The molecule has 3 heterocycles. The molecule has 0 aliphatic carbocycles. The zero-order valence-corrected chi connectivity index (χ0v) is 12.8. The highest BCUT2D eigenvalue weighted by atomic mass is 32.1. The Kier molecular flexibility index (Phi) is 4.14. The zero-order chi connectivity index (χ0) is 13.9. The van der Waals surface area contributed by atoms with E-state index in [1.165, 1.54) is 5.69 Å². The topological polar surface area (TPSA) is 43.2 Å². The van der Waals surface area contributed by atoms with Gasteiger partial charge in [0, 0.05) is 30.7 Å². The first-order valence-electron chi connectivity index (χ1n) is 6.93. The Morgan fingerprint density at radius 2 is 2.35 bits per heavy atom.